The van der Waals surface area contributed by atoms with Crippen LogP contribution in [0.1, 0.15) is 20.7 Å². The van der Waals surface area contributed by atoms with Crippen LogP contribution in [0.15, 0.2) is 48.5 Å². The number of halogens is 3. The number of carbonyl (C=O) groups excluding carboxylic acids is 1. The molecule has 5 heteroatoms. The fraction of sp³-hybridized carbons (Fsp3) is 0.133. The lowest BCUT2D eigenvalue weighted by Gasteiger charge is -2.12. The van der Waals surface area contributed by atoms with E-state index in [1.165, 1.54) is 12.1 Å². The lowest BCUT2D eigenvalue weighted by Crippen LogP contribution is -2.27. The van der Waals surface area contributed by atoms with Gasteiger partial charge in [0.15, 0.2) is 5.82 Å². The van der Waals surface area contributed by atoms with Gasteiger partial charge in [0.2, 0.25) is 0 Å². The highest BCUT2D eigenvalue weighted by Gasteiger charge is 2.15. The van der Waals surface area contributed by atoms with E-state index >= 15 is 0 Å². The number of hydrogen-bond donors (Lipinski definition) is 1. The summed E-state index contributed by atoms with van der Waals surface area (Å²) in [5.74, 6) is -1.18. The van der Waals surface area contributed by atoms with E-state index in [4.69, 9.17) is 11.6 Å². The summed E-state index contributed by atoms with van der Waals surface area (Å²) in [5.41, 5.74) is 0.990. The summed E-state index contributed by atoms with van der Waals surface area (Å²) in [7, 11) is 0. The van der Waals surface area contributed by atoms with Crippen molar-refractivity contribution in [2.75, 3.05) is 6.54 Å². The summed E-state index contributed by atoms with van der Waals surface area (Å²) < 4.78 is 13.7. The third-order valence-electron chi connectivity index (χ3n) is 2.80. The molecule has 0 aliphatic rings. The van der Waals surface area contributed by atoms with Crippen molar-refractivity contribution in [3.8, 4) is 0 Å². The topological polar surface area (TPSA) is 29.1 Å². The van der Waals surface area contributed by atoms with Gasteiger partial charge in [-0.25, -0.2) is 4.39 Å². The van der Waals surface area contributed by atoms with Gasteiger partial charge in [-0.1, -0.05) is 63.9 Å². The third kappa shape index (κ3) is 3.58. The van der Waals surface area contributed by atoms with Gasteiger partial charge in [0.1, 0.15) is 0 Å². The summed E-state index contributed by atoms with van der Waals surface area (Å²) in [6.07, 6.45) is 0. The second-order valence-corrected chi connectivity index (χ2v) is 5.70. The summed E-state index contributed by atoms with van der Waals surface area (Å²) in [4.78, 5) is 11.9. The van der Waals surface area contributed by atoms with Gasteiger partial charge in [-0.3, -0.25) is 4.79 Å². The van der Waals surface area contributed by atoms with Crippen LogP contribution in [0.2, 0.25) is 5.02 Å². The molecule has 104 valence electrons. The number of alkyl halides is 1. The number of carbonyl (C=O) groups is 1. The molecule has 0 saturated carbocycles. The van der Waals surface area contributed by atoms with Crippen LogP contribution in [0.25, 0.3) is 0 Å². The zero-order chi connectivity index (χ0) is 14.5. The fourth-order valence-electron chi connectivity index (χ4n) is 1.74. The predicted octanol–water partition coefficient (Wildman–Crippen LogP) is 4.35. The standard InChI is InChI=1S/C15H12BrClFNO/c16-12(10-5-2-1-3-6-10)9-19-15(20)11-7-4-8-13(17)14(11)18/h1-8,12H,9H2,(H,19,20). The molecule has 2 nitrogen and oxygen atoms in total. The molecule has 2 aromatic carbocycles. The number of hydrogen-bond acceptors (Lipinski definition) is 1. The number of amides is 1. The van der Waals surface area contributed by atoms with E-state index in [1.54, 1.807) is 6.07 Å². The average molecular weight is 357 g/mol. The molecular weight excluding hydrogens is 345 g/mol. The summed E-state index contributed by atoms with van der Waals surface area (Å²) in [6.45, 7) is 0.356. The van der Waals surface area contributed by atoms with E-state index < -0.39 is 11.7 Å². The second-order valence-electron chi connectivity index (χ2n) is 4.19. The molecule has 0 aromatic heterocycles. The Balaban J connectivity index is 2.01. The molecule has 0 bridgehead atoms. The fourth-order valence-corrected chi connectivity index (χ4v) is 2.38. The lowest BCUT2D eigenvalue weighted by molar-refractivity contribution is 0.0950. The molecule has 0 radical (unpaired) electrons. The zero-order valence-electron chi connectivity index (χ0n) is 10.4. The Hall–Kier alpha value is -1.39. The van der Waals surface area contributed by atoms with E-state index in [9.17, 15) is 9.18 Å². The minimum Gasteiger partial charge on any atom is -0.350 e. The lowest BCUT2D eigenvalue weighted by atomic mass is 10.1. The van der Waals surface area contributed by atoms with Crippen molar-refractivity contribution in [3.05, 3.63) is 70.5 Å². The molecule has 0 saturated heterocycles. The van der Waals surface area contributed by atoms with Gasteiger partial charge in [0.05, 0.1) is 15.4 Å². The highest BCUT2D eigenvalue weighted by atomic mass is 79.9. The monoisotopic (exact) mass is 355 g/mol. The van der Waals surface area contributed by atoms with Crippen LogP contribution in [0.4, 0.5) is 4.39 Å². The van der Waals surface area contributed by atoms with Gasteiger partial charge in [-0.15, -0.1) is 0 Å². The van der Waals surface area contributed by atoms with E-state index in [0.717, 1.165) is 5.56 Å². The maximum Gasteiger partial charge on any atom is 0.254 e. The van der Waals surface area contributed by atoms with Gasteiger partial charge >= 0.3 is 0 Å². The van der Waals surface area contributed by atoms with Crippen LogP contribution in [0.5, 0.6) is 0 Å². The summed E-state index contributed by atoms with van der Waals surface area (Å²) in [6, 6.07) is 14.0. The number of nitrogens with one attached hydrogen (secondary N) is 1. The van der Waals surface area contributed by atoms with E-state index in [1.807, 2.05) is 30.3 Å². The van der Waals surface area contributed by atoms with Crippen LogP contribution >= 0.6 is 27.5 Å². The number of benzene rings is 2. The minimum absolute atomic E-state index is 0.0325. The third-order valence-corrected chi connectivity index (χ3v) is 3.94. The molecule has 1 atom stereocenters. The SMILES string of the molecule is O=C(NCC(Br)c1ccccc1)c1cccc(Cl)c1F. The minimum atomic E-state index is -0.697. The Morgan fingerprint density at radius 2 is 1.90 bits per heavy atom. The van der Waals surface area contributed by atoms with Gasteiger partial charge < -0.3 is 5.32 Å². The van der Waals surface area contributed by atoms with Crippen molar-refractivity contribution in [3.63, 3.8) is 0 Å². The Labute approximate surface area is 130 Å². The summed E-state index contributed by atoms with van der Waals surface area (Å²) in [5, 5.41) is 2.62. The molecule has 0 aliphatic heterocycles. The van der Waals surface area contributed by atoms with Crippen LogP contribution in [0, 0.1) is 5.82 Å². The second kappa shape index (κ2) is 6.86. The first-order chi connectivity index (χ1) is 9.59. The van der Waals surface area contributed by atoms with E-state index in [2.05, 4.69) is 21.2 Å². The Kier molecular flexibility index (Phi) is 5.15. The predicted molar refractivity (Wildman–Crippen MR) is 81.9 cm³/mol. The highest BCUT2D eigenvalue weighted by Crippen LogP contribution is 2.22. The first kappa shape index (κ1) is 15.0. The summed E-state index contributed by atoms with van der Waals surface area (Å²) >= 11 is 9.14. The molecule has 0 spiro atoms. The molecular formula is C15H12BrClFNO. The van der Waals surface area contributed by atoms with Gasteiger partial charge in [0.25, 0.3) is 5.91 Å². The van der Waals surface area contributed by atoms with Crippen LogP contribution < -0.4 is 5.32 Å². The first-order valence-corrected chi connectivity index (χ1v) is 7.30. The van der Waals surface area contributed by atoms with Crippen LogP contribution in [-0.2, 0) is 0 Å². The molecule has 2 rings (SSSR count). The normalized spacial score (nSPS) is 11.9. The van der Waals surface area contributed by atoms with Crippen LogP contribution in [0.3, 0.4) is 0 Å². The largest absolute Gasteiger partial charge is 0.350 e. The Bertz CT molecular complexity index is 606. The van der Waals surface area contributed by atoms with Crippen molar-refractivity contribution in [1.82, 2.24) is 5.32 Å². The van der Waals surface area contributed by atoms with Gasteiger partial charge in [-0.05, 0) is 17.7 Å². The van der Waals surface area contributed by atoms with Gasteiger partial charge in [-0.2, -0.15) is 0 Å². The quantitative estimate of drug-likeness (QED) is 0.811. The van der Waals surface area contributed by atoms with E-state index in [0.29, 0.717) is 6.54 Å². The molecule has 1 amide bonds. The van der Waals surface area contributed by atoms with Crippen molar-refractivity contribution in [1.29, 1.82) is 0 Å². The van der Waals surface area contributed by atoms with E-state index in [-0.39, 0.29) is 15.4 Å². The molecule has 20 heavy (non-hydrogen) atoms. The molecule has 2 aromatic rings. The molecule has 0 fully saturated rings. The molecule has 0 aliphatic carbocycles. The first-order valence-electron chi connectivity index (χ1n) is 6.01. The van der Waals surface area contributed by atoms with Crippen molar-refractivity contribution < 1.29 is 9.18 Å². The van der Waals surface area contributed by atoms with Crippen molar-refractivity contribution in [2.24, 2.45) is 0 Å². The van der Waals surface area contributed by atoms with Crippen molar-refractivity contribution >= 4 is 33.4 Å². The average Bonchev–Trinajstić information content (AvgIpc) is 2.48. The maximum atomic E-state index is 13.7. The molecule has 1 N–H and O–H groups in total. The highest BCUT2D eigenvalue weighted by molar-refractivity contribution is 9.09. The van der Waals surface area contributed by atoms with Gasteiger partial charge in [0, 0.05) is 6.54 Å². The van der Waals surface area contributed by atoms with Crippen molar-refractivity contribution in [2.45, 2.75) is 4.83 Å². The number of rotatable bonds is 4. The smallest absolute Gasteiger partial charge is 0.254 e. The Morgan fingerprint density at radius 1 is 1.20 bits per heavy atom. The molecule has 1 unspecified atom stereocenters. The molecule has 0 heterocycles. The zero-order valence-corrected chi connectivity index (χ0v) is 12.8. The maximum absolute atomic E-state index is 13.7. The Morgan fingerprint density at radius 3 is 2.60 bits per heavy atom. The van der Waals surface area contributed by atoms with Crippen LogP contribution in [-0.4, -0.2) is 12.5 Å².